The number of sulfonamides is 1. The van der Waals surface area contributed by atoms with E-state index in [2.05, 4.69) is 21.6 Å². The lowest BCUT2D eigenvalue weighted by Gasteiger charge is -2.32. The van der Waals surface area contributed by atoms with Gasteiger partial charge in [0.05, 0.1) is 18.9 Å². The highest BCUT2D eigenvalue weighted by molar-refractivity contribution is 7.89. The fourth-order valence-electron chi connectivity index (χ4n) is 2.34. The maximum atomic E-state index is 12.1. The molecule has 0 aliphatic carbocycles. The third-order valence-electron chi connectivity index (χ3n) is 3.67. The van der Waals surface area contributed by atoms with Crippen molar-refractivity contribution >= 4 is 10.0 Å². The van der Waals surface area contributed by atoms with E-state index in [-0.39, 0.29) is 11.0 Å². The van der Waals surface area contributed by atoms with Gasteiger partial charge in [-0.25, -0.2) is 13.1 Å². The van der Waals surface area contributed by atoms with Gasteiger partial charge in [-0.15, -0.1) is 0 Å². The third kappa shape index (κ3) is 4.50. The molecule has 8 heteroatoms. The molecular formula is C13H24N4O3S. The van der Waals surface area contributed by atoms with Crippen molar-refractivity contribution in [3.8, 4) is 0 Å². The second-order valence-electron chi connectivity index (χ2n) is 5.10. The van der Waals surface area contributed by atoms with Crippen LogP contribution in [0.4, 0.5) is 0 Å². The van der Waals surface area contributed by atoms with E-state index in [4.69, 9.17) is 4.74 Å². The highest BCUT2D eigenvalue weighted by Crippen LogP contribution is 2.10. The lowest BCUT2D eigenvalue weighted by Crippen LogP contribution is -2.43. The van der Waals surface area contributed by atoms with E-state index in [1.165, 1.54) is 12.4 Å². The summed E-state index contributed by atoms with van der Waals surface area (Å²) in [5.74, 6) is 0. The molecule has 21 heavy (non-hydrogen) atoms. The summed E-state index contributed by atoms with van der Waals surface area (Å²) in [5, 5.41) is 3.99. The maximum Gasteiger partial charge on any atom is 0.243 e. The molecule has 0 bridgehead atoms. The topological polar surface area (TPSA) is 76.5 Å². The van der Waals surface area contributed by atoms with Gasteiger partial charge in [0, 0.05) is 32.4 Å². The van der Waals surface area contributed by atoms with E-state index in [9.17, 15) is 8.42 Å². The number of nitrogens with zero attached hydrogens (tertiary/aromatic N) is 3. The Morgan fingerprint density at radius 1 is 1.43 bits per heavy atom. The van der Waals surface area contributed by atoms with E-state index in [1.54, 1.807) is 4.68 Å². The SMILES string of the molecule is CCN1CCOC(CCNS(=O)(=O)c2cnn(CC)c2)C1. The molecule has 1 aromatic rings. The molecule has 1 aliphatic heterocycles. The lowest BCUT2D eigenvalue weighted by molar-refractivity contribution is -0.0292. The number of likely N-dealkylation sites (N-methyl/N-ethyl adjacent to an activating group) is 1. The maximum absolute atomic E-state index is 12.1. The number of ether oxygens (including phenoxy) is 1. The van der Waals surface area contributed by atoms with E-state index in [0.29, 0.717) is 26.1 Å². The van der Waals surface area contributed by atoms with Gasteiger partial charge < -0.3 is 4.74 Å². The van der Waals surface area contributed by atoms with Crippen molar-refractivity contribution in [3.63, 3.8) is 0 Å². The van der Waals surface area contributed by atoms with Crippen LogP contribution in [-0.2, 0) is 21.3 Å². The van der Waals surface area contributed by atoms with Gasteiger partial charge in [0.2, 0.25) is 10.0 Å². The molecule has 120 valence electrons. The first-order valence-corrected chi connectivity index (χ1v) is 8.89. The average Bonchev–Trinajstić information content (AvgIpc) is 2.97. The fourth-order valence-corrected chi connectivity index (χ4v) is 3.34. The number of morpholine rings is 1. The van der Waals surface area contributed by atoms with Crippen molar-refractivity contribution in [1.82, 2.24) is 19.4 Å². The van der Waals surface area contributed by atoms with Crippen LogP contribution in [-0.4, -0.2) is 62.0 Å². The van der Waals surface area contributed by atoms with Crippen molar-refractivity contribution in [2.24, 2.45) is 0 Å². The zero-order valence-corrected chi connectivity index (χ0v) is 13.5. The first kappa shape index (κ1) is 16.4. The lowest BCUT2D eigenvalue weighted by atomic mass is 10.2. The van der Waals surface area contributed by atoms with Gasteiger partial charge in [-0.3, -0.25) is 9.58 Å². The van der Waals surface area contributed by atoms with E-state index in [0.717, 1.165) is 19.6 Å². The first-order valence-electron chi connectivity index (χ1n) is 7.41. The van der Waals surface area contributed by atoms with Gasteiger partial charge in [-0.2, -0.15) is 5.10 Å². The highest BCUT2D eigenvalue weighted by Gasteiger charge is 2.21. The molecule has 1 atom stereocenters. The Morgan fingerprint density at radius 3 is 2.90 bits per heavy atom. The minimum Gasteiger partial charge on any atom is -0.376 e. The van der Waals surface area contributed by atoms with E-state index in [1.807, 2.05) is 6.92 Å². The summed E-state index contributed by atoms with van der Waals surface area (Å²) in [7, 11) is -3.47. The second-order valence-corrected chi connectivity index (χ2v) is 6.87. The van der Waals surface area contributed by atoms with Gasteiger partial charge in [-0.05, 0) is 19.9 Å². The summed E-state index contributed by atoms with van der Waals surface area (Å²) >= 11 is 0. The van der Waals surface area contributed by atoms with Gasteiger partial charge in [0.15, 0.2) is 0 Å². The van der Waals surface area contributed by atoms with Crippen molar-refractivity contribution < 1.29 is 13.2 Å². The molecule has 2 heterocycles. The standard InChI is InChI=1S/C13H24N4O3S/c1-3-16-7-8-20-12(10-16)5-6-15-21(18,19)13-9-14-17(4-2)11-13/h9,11-12,15H,3-8,10H2,1-2H3. The minimum atomic E-state index is -3.47. The minimum absolute atomic E-state index is 0.0970. The summed E-state index contributed by atoms with van der Waals surface area (Å²) in [6.07, 6.45) is 3.69. The summed E-state index contributed by atoms with van der Waals surface area (Å²) < 4.78 is 34.1. The predicted molar refractivity (Wildman–Crippen MR) is 79.6 cm³/mol. The molecule has 0 radical (unpaired) electrons. The van der Waals surface area contributed by atoms with Crippen LogP contribution >= 0.6 is 0 Å². The van der Waals surface area contributed by atoms with Crippen LogP contribution in [0.2, 0.25) is 0 Å². The molecule has 0 amide bonds. The number of nitrogens with one attached hydrogen (secondary N) is 1. The molecule has 7 nitrogen and oxygen atoms in total. The van der Waals surface area contributed by atoms with Crippen molar-refractivity contribution in [3.05, 3.63) is 12.4 Å². The Balaban J connectivity index is 1.82. The second kappa shape index (κ2) is 7.35. The Labute approximate surface area is 126 Å². The van der Waals surface area contributed by atoms with Crippen LogP contribution in [0, 0.1) is 0 Å². The zero-order valence-electron chi connectivity index (χ0n) is 12.7. The Hall–Kier alpha value is -0.960. The number of aromatic nitrogens is 2. The fraction of sp³-hybridized carbons (Fsp3) is 0.769. The highest BCUT2D eigenvalue weighted by atomic mass is 32.2. The molecule has 1 unspecified atom stereocenters. The number of aryl methyl sites for hydroxylation is 1. The molecule has 1 fully saturated rings. The van der Waals surface area contributed by atoms with Gasteiger partial charge in [-0.1, -0.05) is 6.92 Å². The van der Waals surface area contributed by atoms with Crippen LogP contribution in [0.25, 0.3) is 0 Å². The van der Waals surface area contributed by atoms with Crippen LogP contribution < -0.4 is 4.72 Å². The number of hydrogen-bond donors (Lipinski definition) is 1. The summed E-state index contributed by atoms with van der Waals surface area (Å²) in [6, 6.07) is 0. The monoisotopic (exact) mass is 316 g/mol. The molecule has 1 aliphatic rings. The predicted octanol–water partition coefficient (Wildman–Crippen LogP) is 0.292. The van der Waals surface area contributed by atoms with Crippen molar-refractivity contribution in [2.45, 2.75) is 37.8 Å². The molecule has 1 aromatic heterocycles. The zero-order chi connectivity index (χ0) is 15.3. The normalized spacial score (nSPS) is 20.8. The van der Waals surface area contributed by atoms with Crippen LogP contribution in [0.3, 0.4) is 0 Å². The quantitative estimate of drug-likeness (QED) is 0.782. The Kier molecular flexibility index (Phi) is 5.74. The summed E-state index contributed by atoms with van der Waals surface area (Å²) in [6.45, 7) is 8.60. The average molecular weight is 316 g/mol. The van der Waals surface area contributed by atoms with Crippen LogP contribution in [0.5, 0.6) is 0 Å². The summed E-state index contributed by atoms with van der Waals surface area (Å²) in [5.41, 5.74) is 0. The molecule has 1 N–H and O–H groups in total. The smallest absolute Gasteiger partial charge is 0.243 e. The number of hydrogen-bond acceptors (Lipinski definition) is 5. The van der Waals surface area contributed by atoms with Crippen LogP contribution in [0.15, 0.2) is 17.3 Å². The van der Waals surface area contributed by atoms with E-state index >= 15 is 0 Å². The van der Waals surface area contributed by atoms with Gasteiger partial charge in [0.25, 0.3) is 0 Å². The van der Waals surface area contributed by atoms with Crippen molar-refractivity contribution in [2.75, 3.05) is 32.8 Å². The summed E-state index contributed by atoms with van der Waals surface area (Å²) in [4.78, 5) is 2.53. The molecule has 2 rings (SSSR count). The largest absolute Gasteiger partial charge is 0.376 e. The van der Waals surface area contributed by atoms with Crippen LogP contribution in [0.1, 0.15) is 20.3 Å². The number of rotatable bonds is 7. The van der Waals surface area contributed by atoms with E-state index < -0.39 is 10.0 Å². The molecule has 1 saturated heterocycles. The van der Waals surface area contributed by atoms with Gasteiger partial charge in [0.1, 0.15) is 4.90 Å². The molecular weight excluding hydrogens is 292 g/mol. The molecule has 0 spiro atoms. The Morgan fingerprint density at radius 2 is 2.24 bits per heavy atom. The van der Waals surface area contributed by atoms with Crippen molar-refractivity contribution in [1.29, 1.82) is 0 Å². The first-order chi connectivity index (χ1) is 10.0. The third-order valence-corrected chi connectivity index (χ3v) is 5.09. The van der Waals surface area contributed by atoms with Gasteiger partial charge >= 0.3 is 0 Å². The molecule has 0 aromatic carbocycles. The molecule has 0 saturated carbocycles. The Bertz CT molecular complexity index is 543.